The predicted molar refractivity (Wildman–Crippen MR) is 130 cm³/mol. The summed E-state index contributed by atoms with van der Waals surface area (Å²) in [5.41, 5.74) is 7.00. The molecule has 0 saturated carbocycles. The summed E-state index contributed by atoms with van der Waals surface area (Å²) in [4.78, 5) is 33.3. The first-order valence-electron chi connectivity index (χ1n) is 11.6. The van der Waals surface area contributed by atoms with E-state index in [1.807, 2.05) is 6.07 Å². The number of hydrogen-bond donors (Lipinski definition) is 0. The van der Waals surface area contributed by atoms with Crippen LogP contribution in [0.15, 0.2) is 52.8 Å². The van der Waals surface area contributed by atoms with E-state index in [-0.39, 0.29) is 24.7 Å². The quantitative estimate of drug-likeness (QED) is 0.262. The molecular weight excluding hydrogens is 416 g/mol. The third kappa shape index (κ3) is 4.90. The summed E-state index contributed by atoms with van der Waals surface area (Å²) in [6.45, 7) is 9.63. The number of rotatable bonds is 9. The van der Waals surface area contributed by atoms with Crippen LogP contribution in [0.4, 0.5) is 0 Å². The van der Waals surface area contributed by atoms with Crippen molar-refractivity contribution in [1.29, 1.82) is 0 Å². The van der Waals surface area contributed by atoms with Crippen LogP contribution >= 0.6 is 0 Å². The molecule has 1 aliphatic rings. The van der Waals surface area contributed by atoms with Gasteiger partial charge in [-0.25, -0.2) is 9.59 Å². The highest BCUT2D eigenvalue weighted by Crippen LogP contribution is 2.52. The Bertz CT molecular complexity index is 1100. The molecule has 1 aliphatic carbocycles. The van der Waals surface area contributed by atoms with Gasteiger partial charge in [0.1, 0.15) is 0 Å². The molecule has 0 radical (unpaired) electrons. The van der Waals surface area contributed by atoms with Gasteiger partial charge in [-0.1, -0.05) is 74.4 Å². The fraction of sp³-hybridized carbons (Fsp3) is 0.407. The average Bonchev–Trinajstić information content (AvgIpc) is 3.14. The Morgan fingerprint density at radius 3 is 2.06 bits per heavy atom. The number of carbonyl (C=O) groups is 2. The van der Waals surface area contributed by atoms with Crippen molar-refractivity contribution in [2.24, 2.45) is 10.3 Å². The lowest BCUT2D eigenvalue weighted by atomic mass is 9.73. The molecule has 6 nitrogen and oxygen atoms in total. The van der Waals surface area contributed by atoms with Crippen LogP contribution < -0.4 is 0 Å². The summed E-state index contributed by atoms with van der Waals surface area (Å²) >= 11 is 0. The molecule has 0 aliphatic heterocycles. The SMILES string of the molecule is CCC(=O)O/N=C(\C)C/C(=N\OC(=O)CC)c1ccc2c(c1)C(CC)(CC)c1ccccc1-2. The molecule has 0 bridgehead atoms. The maximum Gasteiger partial charge on any atom is 0.334 e. The lowest BCUT2D eigenvalue weighted by Gasteiger charge is -2.30. The van der Waals surface area contributed by atoms with Crippen molar-refractivity contribution < 1.29 is 19.3 Å². The summed E-state index contributed by atoms with van der Waals surface area (Å²) in [6.07, 6.45) is 2.70. The molecule has 0 heterocycles. The van der Waals surface area contributed by atoms with Crippen molar-refractivity contribution in [3.05, 3.63) is 59.2 Å². The van der Waals surface area contributed by atoms with Gasteiger partial charge in [-0.3, -0.25) is 0 Å². The smallest absolute Gasteiger partial charge is 0.318 e. The predicted octanol–water partition coefficient (Wildman–Crippen LogP) is 6.15. The van der Waals surface area contributed by atoms with Crippen LogP contribution in [0.25, 0.3) is 11.1 Å². The van der Waals surface area contributed by atoms with E-state index < -0.39 is 11.9 Å². The molecule has 0 amide bonds. The second kappa shape index (κ2) is 10.6. The first-order chi connectivity index (χ1) is 15.9. The topological polar surface area (TPSA) is 77.3 Å². The fourth-order valence-corrected chi connectivity index (χ4v) is 4.47. The largest absolute Gasteiger partial charge is 0.334 e. The minimum atomic E-state index is -0.412. The van der Waals surface area contributed by atoms with E-state index in [0.717, 1.165) is 18.4 Å². The average molecular weight is 449 g/mol. The van der Waals surface area contributed by atoms with Gasteiger partial charge in [0.05, 0.1) is 11.4 Å². The van der Waals surface area contributed by atoms with Gasteiger partial charge in [-0.05, 0) is 48.1 Å². The Morgan fingerprint density at radius 2 is 1.42 bits per heavy atom. The molecule has 0 spiro atoms. The van der Waals surface area contributed by atoms with Crippen LogP contribution in [0, 0.1) is 0 Å². The van der Waals surface area contributed by atoms with Crippen LogP contribution in [-0.4, -0.2) is 23.4 Å². The van der Waals surface area contributed by atoms with Crippen molar-refractivity contribution in [3.63, 3.8) is 0 Å². The van der Waals surface area contributed by atoms with Gasteiger partial charge in [0, 0.05) is 30.2 Å². The Labute approximate surface area is 195 Å². The third-order valence-electron chi connectivity index (χ3n) is 6.37. The molecule has 0 fully saturated rings. The maximum atomic E-state index is 11.8. The second-order valence-electron chi connectivity index (χ2n) is 8.27. The number of hydrogen-bond acceptors (Lipinski definition) is 6. The zero-order chi connectivity index (χ0) is 24.0. The fourth-order valence-electron chi connectivity index (χ4n) is 4.47. The molecule has 3 rings (SSSR count). The van der Waals surface area contributed by atoms with Gasteiger partial charge in [-0.2, -0.15) is 0 Å². The third-order valence-corrected chi connectivity index (χ3v) is 6.37. The standard InChI is InChI=1S/C27H32N2O4/c1-6-25(30)32-28-18(5)16-24(29-33-26(31)7-2)19-14-15-21-20-12-10-11-13-22(20)27(8-3,9-4)23(21)17-19/h10-15,17H,6-9,16H2,1-5H3/b28-18+,29-24+. The first-order valence-corrected chi connectivity index (χ1v) is 11.6. The molecule has 174 valence electrons. The molecule has 0 atom stereocenters. The van der Waals surface area contributed by atoms with Gasteiger partial charge in [0.15, 0.2) is 0 Å². The highest BCUT2D eigenvalue weighted by Gasteiger charge is 2.40. The summed E-state index contributed by atoms with van der Waals surface area (Å²) in [7, 11) is 0. The second-order valence-corrected chi connectivity index (χ2v) is 8.27. The molecule has 33 heavy (non-hydrogen) atoms. The van der Waals surface area contributed by atoms with Crippen molar-refractivity contribution in [1.82, 2.24) is 0 Å². The summed E-state index contributed by atoms with van der Waals surface area (Å²) in [5.74, 6) is -0.819. The molecule has 2 aromatic carbocycles. The Morgan fingerprint density at radius 1 is 0.818 bits per heavy atom. The Kier molecular flexibility index (Phi) is 7.79. The summed E-state index contributed by atoms with van der Waals surface area (Å²) < 4.78 is 0. The lowest BCUT2D eigenvalue weighted by molar-refractivity contribution is -0.144. The van der Waals surface area contributed by atoms with Crippen LogP contribution in [0.3, 0.4) is 0 Å². The van der Waals surface area contributed by atoms with Crippen LogP contribution in [0.2, 0.25) is 0 Å². The minimum Gasteiger partial charge on any atom is -0.318 e. The number of benzene rings is 2. The van der Waals surface area contributed by atoms with Gasteiger partial charge < -0.3 is 9.68 Å². The van der Waals surface area contributed by atoms with E-state index in [4.69, 9.17) is 9.68 Å². The molecular formula is C27H32N2O4. The summed E-state index contributed by atoms with van der Waals surface area (Å²) in [5, 5.41) is 8.09. The molecule has 0 N–H and O–H groups in total. The first kappa shape index (κ1) is 24.4. The minimum absolute atomic E-state index is 0.0765. The zero-order valence-corrected chi connectivity index (χ0v) is 20.1. The van der Waals surface area contributed by atoms with E-state index in [9.17, 15) is 9.59 Å². The van der Waals surface area contributed by atoms with Crippen molar-refractivity contribution in [3.8, 4) is 11.1 Å². The van der Waals surface area contributed by atoms with E-state index in [2.05, 4.69) is 60.6 Å². The highest BCUT2D eigenvalue weighted by atomic mass is 16.7. The van der Waals surface area contributed by atoms with E-state index in [1.54, 1.807) is 20.8 Å². The summed E-state index contributed by atoms with van der Waals surface area (Å²) in [6, 6.07) is 14.9. The Balaban J connectivity index is 2.05. The normalized spacial score (nSPS) is 14.5. The van der Waals surface area contributed by atoms with Gasteiger partial charge in [0.2, 0.25) is 0 Å². The molecule has 0 aromatic heterocycles. The molecule has 0 unspecified atom stereocenters. The van der Waals surface area contributed by atoms with Crippen molar-refractivity contribution >= 4 is 23.4 Å². The van der Waals surface area contributed by atoms with E-state index in [0.29, 0.717) is 11.4 Å². The molecule has 0 saturated heterocycles. The van der Waals surface area contributed by atoms with Crippen molar-refractivity contribution in [2.75, 3.05) is 0 Å². The van der Waals surface area contributed by atoms with Gasteiger partial charge in [0.25, 0.3) is 0 Å². The van der Waals surface area contributed by atoms with Crippen LogP contribution in [-0.2, 0) is 24.7 Å². The number of nitrogens with zero attached hydrogens (tertiary/aromatic N) is 2. The van der Waals surface area contributed by atoms with Crippen LogP contribution in [0.1, 0.15) is 83.4 Å². The van der Waals surface area contributed by atoms with Gasteiger partial charge >= 0.3 is 11.9 Å². The van der Waals surface area contributed by atoms with E-state index in [1.165, 1.54) is 22.3 Å². The molecule has 6 heteroatoms. The number of carbonyl (C=O) groups excluding carboxylic acids is 2. The number of oxime groups is 2. The maximum absolute atomic E-state index is 11.8. The van der Waals surface area contributed by atoms with Crippen LogP contribution in [0.5, 0.6) is 0 Å². The van der Waals surface area contributed by atoms with Gasteiger partial charge in [-0.15, -0.1) is 0 Å². The monoisotopic (exact) mass is 448 g/mol. The lowest BCUT2D eigenvalue weighted by Crippen LogP contribution is -2.23. The molecule has 2 aromatic rings. The highest BCUT2D eigenvalue weighted by molar-refractivity contribution is 6.12. The number of fused-ring (bicyclic) bond motifs is 3. The Hall–Kier alpha value is -3.28. The van der Waals surface area contributed by atoms with Crippen molar-refractivity contribution in [2.45, 2.75) is 72.1 Å². The van der Waals surface area contributed by atoms with E-state index >= 15 is 0 Å². The zero-order valence-electron chi connectivity index (χ0n) is 20.1.